The molecule has 0 radical (unpaired) electrons. The third-order valence-corrected chi connectivity index (χ3v) is 3.93. The molecule has 2 N–H and O–H groups in total. The highest BCUT2D eigenvalue weighted by atomic mass is 16.3. The van der Waals surface area contributed by atoms with Crippen LogP contribution in [0.1, 0.15) is 28.9 Å². The zero-order valence-electron chi connectivity index (χ0n) is 13.4. The van der Waals surface area contributed by atoms with E-state index >= 15 is 0 Å². The molecule has 2 aromatic rings. The van der Waals surface area contributed by atoms with E-state index in [0.717, 1.165) is 35.4 Å². The first-order chi connectivity index (χ1) is 10.5. The standard InChI is InChI=1S/C17H23N3O2/c1-12-16(13(2)20(3)19-12)8-9-17(22)18-11-10-14-4-6-15(21)7-5-14/h4-7,21H,8-11H2,1-3H3,(H,18,22). The molecule has 0 unspecified atom stereocenters. The van der Waals surface area contributed by atoms with Crippen LogP contribution in [0.15, 0.2) is 24.3 Å². The molecule has 0 saturated carbocycles. The molecule has 0 spiro atoms. The number of rotatable bonds is 6. The molecule has 0 fully saturated rings. The van der Waals surface area contributed by atoms with Gasteiger partial charge >= 0.3 is 0 Å². The number of hydrogen-bond donors (Lipinski definition) is 2. The molecule has 0 aliphatic carbocycles. The molecule has 0 bridgehead atoms. The van der Waals surface area contributed by atoms with Crippen LogP contribution in [0.4, 0.5) is 0 Å². The zero-order chi connectivity index (χ0) is 16.1. The van der Waals surface area contributed by atoms with Crippen LogP contribution < -0.4 is 5.32 Å². The van der Waals surface area contributed by atoms with Crippen LogP contribution in [0.3, 0.4) is 0 Å². The van der Waals surface area contributed by atoms with E-state index in [9.17, 15) is 9.90 Å². The van der Waals surface area contributed by atoms with E-state index in [1.807, 2.05) is 37.7 Å². The third-order valence-electron chi connectivity index (χ3n) is 3.93. The number of phenols is 1. The van der Waals surface area contributed by atoms with Crippen molar-refractivity contribution >= 4 is 5.91 Å². The summed E-state index contributed by atoms with van der Waals surface area (Å²) in [6, 6.07) is 7.05. The van der Waals surface area contributed by atoms with Gasteiger partial charge in [-0.1, -0.05) is 12.1 Å². The molecule has 1 aromatic heterocycles. The third kappa shape index (κ3) is 4.10. The number of carbonyl (C=O) groups is 1. The van der Waals surface area contributed by atoms with Crippen LogP contribution in [-0.2, 0) is 24.7 Å². The fraction of sp³-hybridized carbons (Fsp3) is 0.412. The van der Waals surface area contributed by atoms with Gasteiger partial charge in [0, 0.05) is 25.7 Å². The Morgan fingerprint density at radius 1 is 1.23 bits per heavy atom. The topological polar surface area (TPSA) is 67.2 Å². The number of aryl methyl sites for hydroxylation is 2. The first-order valence-corrected chi connectivity index (χ1v) is 7.51. The summed E-state index contributed by atoms with van der Waals surface area (Å²) in [5.74, 6) is 0.316. The van der Waals surface area contributed by atoms with Crippen LogP contribution in [0, 0.1) is 13.8 Å². The Hall–Kier alpha value is -2.30. The number of aromatic hydroxyl groups is 1. The van der Waals surface area contributed by atoms with Crippen LogP contribution >= 0.6 is 0 Å². The molecule has 118 valence electrons. The van der Waals surface area contributed by atoms with Crippen molar-refractivity contribution in [2.24, 2.45) is 7.05 Å². The Balaban J connectivity index is 1.75. The quantitative estimate of drug-likeness (QED) is 0.858. The van der Waals surface area contributed by atoms with Gasteiger partial charge in [0.2, 0.25) is 5.91 Å². The first-order valence-electron chi connectivity index (χ1n) is 7.51. The highest BCUT2D eigenvalue weighted by Crippen LogP contribution is 2.14. The molecule has 5 nitrogen and oxygen atoms in total. The average Bonchev–Trinajstić information content (AvgIpc) is 2.72. The highest BCUT2D eigenvalue weighted by Gasteiger charge is 2.11. The molecular formula is C17H23N3O2. The Morgan fingerprint density at radius 3 is 2.50 bits per heavy atom. The molecule has 0 aliphatic rings. The Labute approximate surface area is 131 Å². The molecule has 1 heterocycles. The largest absolute Gasteiger partial charge is 0.508 e. The van der Waals surface area contributed by atoms with Gasteiger partial charge in [-0.2, -0.15) is 5.10 Å². The molecule has 5 heteroatoms. The molecule has 1 aromatic carbocycles. The van der Waals surface area contributed by atoms with Gasteiger partial charge in [-0.15, -0.1) is 0 Å². The van der Waals surface area contributed by atoms with E-state index in [1.54, 1.807) is 12.1 Å². The van der Waals surface area contributed by atoms with Gasteiger partial charge in [0.05, 0.1) is 5.69 Å². The van der Waals surface area contributed by atoms with Crippen LogP contribution in [0.2, 0.25) is 0 Å². The second kappa shape index (κ2) is 7.11. The fourth-order valence-corrected chi connectivity index (χ4v) is 2.52. The summed E-state index contributed by atoms with van der Waals surface area (Å²) in [5.41, 5.74) is 4.37. The fourth-order valence-electron chi connectivity index (χ4n) is 2.52. The number of aromatic nitrogens is 2. The summed E-state index contributed by atoms with van der Waals surface area (Å²) in [6.45, 7) is 4.61. The van der Waals surface area contributed by atoms with Crippen molar-refractivity contribution in [3.63, 3.8) is 0 Å². The van der Waals surface area contributed by atoms with E-state index in [1.165, 1.54) is 0 Å². The van der Waals surface area contributed by atoms with Crippen molar-refractivity contribution in [3.05, 3.63) is 46.8 Å². The summed E-state index contributed by atoms with van der Waals surface area (Å²) < 4.78 is 1.85. The van der Waals surface area contributed by atoms with E-state index in [4.69, 9.17) is 0 Å². The molecule has 0 saturated heterocycles. The van der Waals surface area contributed by atoms with Crippen LogP contribution in [0.25, 0.3) is 0 Å². The van der Waals surface area contributed by atoms with E-state index in [-0.39, 0.29) is 11.7 Å². The lowest BCUT2D eigenvalue weighted by molar-refractivity contribution is -0.121. The second-order valence-electron chi connectivity index (χ2n) is 5.54. The monoisotopic (exact) mass is 301 g/mol. The van der Waals surface area contributed by atoms with Crippen LogP contribution in [0.5, 0.6) is 5.75 Å². The van der Waals surface area contributed by atoms with Crippen molar-refractivity contribution in [2.45, 2.75) is 33.1 Å². The molecule has 0 atom stereocenters. The lowest BCUT2D eigenvalue weighted by Crippen LogP contribution is -2.26. The van der Waals surface area contributed by atoms with E-state index in [2.05, 4.69) is 10.4 Å². The van der Waals surface area contributed by atoms with Gasteiger partial charge < -0.3 is 10.4 Å². The minimum atomic E-state index is 0.0569. The van der Waals surface area contributed by atoms with Gasteiger partial charge in [-0.3, -0.25) is 9.48 Å². The summed E-state index contributed by atoms with van der Waals surface area (Å²) in [5, 5.41) is 16.5. The highest BCUT2D eigenvalue weighted by molar-refractivity contribution is 5.76. The van der Waals surface area contributed by atoms with Gasteiger partial charge in [0.1, 0.15) is 5.75 Å². The van der Waals surface area contributed by atoms with Crippen molar-refractivity contribution in [3.8, 4) is 5.75 Å². The maximum Gasteiger partial charge on any atom is 0.220 e. The smallest absolute Gasteiger partial charge is 0.220 e. The first kappa shape index (κ1) is 16.1. The van der Waals surface area contributed by atoms with Gasteiger partial charge in [0.25, 0.3) is 0 Å². The molecular weight excluding hydrogens is 278 g/mol. The van der Waals surface area contributed by atoms with Gasteiger partial charge in [-0.25, -0.2) is 0 Å². The van der Waals surface area contributed by atoms with Crippen molar-refractivity contribution in [1.82, 2.24) is 15.1 Å². The summed E-state index contributed by atoms with van der Waals surface area (Å²) in [4.78, 5) is 11.9. The van der Waals surface area contributed by atoms with Crippen molar-refractivity contribution in [2.75, 3.05) is 6.54 Å². The number of carbonyl (C=O) groups excluding carboxylic acids is 1. The minimum absolute atomic E-state index is 0.0569. The molecule has 22 heavy (non-hydrogen) atoms. The second-order valence-corrected chi connectivity index (χ2v) is 5.54. The van der Waals surface area contributed by atoms with Crippen molar-refractivity contribution in [1.29, 1.82) is 0 Å². The Kier molecular flexibility index (Phi) is 5.20. The summed E-state index contributed by atoms with van der Waals surface area (Å²) in [7, 11) is 1.92. The zero-order valence-corrected chi connectivity index (χ0v) is 13.4. The van der Waals surface area contributed by atoms with Gasteiger partial charge in [-0.05, 0) is 49.9 Å². The maximum absolute atomic E-state index is 11.9. The van der Waals surface area contributed by atoms with Crippen LogP contribution in [-0.4, -0.2) is 27.3 Å². The molecule has 0 aliphatic heterocycles. The predicted molar refractivity (Wildman–Crippen MR) is 85.8 cm³/mol. The summed E-state index contributed by atoms with van der Waals surface area (Å²) >= 11 is 0. The SMILES string of the molecule is Cc1nn(C)c(C)c1CCC(=O)NCCc1ccc(O)cc1. The number of phenolic OH excluding ortho intramolecular Hbond substituents is 1. The molecule has 1 amide bonds. The Bertz CT molecular complexity index is 645. The number of nitrogens with one attached hydrogen (secondary N) is 1. The average molecular weight is 301 g/mol. The normalized spacial score (nSPS) is 10.7. The number of benzene rings is 1. The number of amides is 1. The lowest BCUT2D eigenvalue weighted by Gasteiger charge is -2.06. The lowest BCUT2D eigenvalue weighted by atomic mass is 10.1. The van der Waals surface area contributed by atoms with E-state index in [0.29, 0.717) is 13.0 Å². The predicted octanol–water partition coefficient (Wildman–Crippen LogP) is 2.03. The number of hydrogen-bond acceptors (Lipinski definition) is 3. The molecule has 2 rings (SSSR count). The minimum Gasteiger partial charge on any atom is -0.508 e. The Morgan fingerprint density at radius 2 is 1.91 bits per heavy atom. The maximum atomic E-state index is 11.9. The van der Waals surface area contributed by atoms with Crippen molar-refractivity contribution < 1.29 is 9.90 Å². The summed E-state index contributed by atoms with van der Waals surface area (Å²) in [6.07, 6.45) is 1.95. The number of nitrogens with zero attached hydrogens (tertiary/aromatic N) is 2. The van der Waals surface area contributed by atoms with E-state index < -0.39 is 0 Å². The van der Waals surface area contributed by atoms with Gasteiger partial charge in [0.15, 0.2) is 0 Å².